The van der Waals surface area contributed by atoms with Crippen LogP contribution in [0.1, 0.15) is 24.8 Å². The molecule has 0 amide bonds. The van der Waals surface area contributed by atoms with Gasteiger partial charge in [0, 0.05) is 37.5 Å². The lowest BCUT2D eigenvalue weighted by Crippen LogP contribution is -2.43. The standard InChI is InChI=1S/C17H26N2OS/c20-17-9-16(10-18-15-7-4-8-21-13-15)19(12-17)11-14-5-2-1-3-6-14/h1-3,5-6,15-18,20H,4,7-13H2/t15-,16-,17-/m1/s1. The Kier molecular flexibility index (Phi) is 5.58. The maximum absolute atomic E-state index is 10.0. The molecule has 0 unspecified atom stereocenters. The summed E-state index contributed by atoms with van der Waals surface area (Å²) in [7, 11) is 0. The van der Waals surface area contributed by atoms with E-state index < -0.39 is 0 Å². The predicted octanol–water partition coefficient (Wildman–Crippen LogP) is 2.11. The Hall–Kier alpha value is -0.550. The van der Waals surface area contributed by atoms with Crippen LogP contribution >= 0.6 is 11.8 Å². The van der Waals surface area contributed by atoms with E-state index in [4.69, 9.17) is 0 Å². The second kappa shape index (κ2) is 7.63. The van der Waals surface area contributed by atoms with Gasteiger partial charge in [-0.15, -0.1) is 0 Å². The van der Waals surface area contributed by atoms with Gasteiger partial charge in [-0.1, -0.05) is 30.3 Å². The SMILES string of the molecule is O[C@@H]1C[C@H](CN[C@@H]2CCCSC2)N(Cc2ccccc2)C1. The number of likely N-dealkylation sites (tertiary alicyclic amines) is 1. The monoisotopic (exact) mass is 306 g/mol. The molecule has 21 heavy (non-hydrogen) atoms. The first-order chi connectivity index (χ1) is 10.3. The molecule has 0 spiro atoms. The van der Waals surface area contributed by atoms with E-state index in [0.29, 0.717) is 12.1 Å². The van der Waals surface area contributed by atoms with Gasteiger partial charge in [-0.25, -0.2) is 0 Å². The Bertz CT molecular complexity index is 422. The van der Waals surface area contributed by atoms with Gasteiger partial charge in [0.15, 0.2) is 0 Å². The molecule has 2 aliphatic heterocycles. The summed E-state index contributed by atoms with van der Waals surface area (Å²) in [5.41, 5.74) is 1.34. The fourth-order valence-corrected chi connectivity index (χ4v) is 4.49. The van der Waals surface area contributed by atoms with Gasteiger partial charge in [0.05, 0.1) is 6.10 Å². The smallest absolute Gasteiger partial charge is 0.0682 e. The third-order valence-electron chi connectivity index (χ3n) is 4.54. The minimum Gasteiger partial charge on any atom is -0.392 e. The Morgan fingerprint density at radius 1 is 1.29 bits per heavy atom. The van der Waals surface area contributed by atoms with Gasteiger partial charge in [0.25, 0.3) is 0 Å². The number of aliphatic hydroxyl groups excluding tert-OH is 1. The van der Waals surface area contributed by atoms with Crippen molar-refractivity contribution in [2.75, 3.05) is 24.6 Å². The molecule has 116 valence electrons. The zero-order chi connectivity index (χ0) is 14.5. The molecule has 0 aliphatic carbocycles. The highest BCUT2D eigenvalue weighted by molar-refractivity contribution is 7.99. The van der Waals surface area contributed by atoms with Crippen LogP contribution in [0.5, 0.6) is 0 Å². The van der Waals surface area contributed by atoms with Gasteiger partial charge in [-0.3, -0.25) is 4.90 Å². The van der Waals surface area contributed by atoms with E-state index >= 15 is 0 Å². The molecule has 2 aliphatic rings. The van der Waals surface area contributed by atoms with E-state index in [-0.39, 0.29) is 6.10 Å². The van der Waals surface area contributed by atoms with E-state index in [1.54, 1.807) is 0 Å². The summed E-state index contributed by atoms with van der Waals surface area (Å²) >= 11 is 2.06. The van der Waals surface area contributed by atoms with Crippen molar-refractivity contribution in [1.82, 2.24) is 10.2 Å². The quantitative estimate of drug-likeness (QED) is 0.873. The average molecular weight is 306 g/mol. The van der Waals surface area contributed by atoms with Gasteiger partial charge >= 0.3 is 0 Å². The number of hydrogen-bond acceptors (Lipinski definition) is 4. The lowest BCUT2D eigenvalue weighted by Gasteiger charge is -2.28. The lowest BCUT2D eigenvalue weighted by atomic mass is 10.1. The number of nitrogens with zero attached hydrogens (tertiary/aromatic N) is 1. The van der Waals surface area contributed by atoms with E-state index in [1.807, 2.05) is 0 Å². The topological polar surface area (TPSA) is 35.5 Å². The summed E-state index contributed by atoms with van der Waals surface area (Å²) in [4.78, 5) is 2.43. The molecule has 1 aromatic carbocycles. The summed E-state index contributed by atoms with van der Waals surface area (Å²) in [5, 5.41) is 13.7. The number of thioether (sulfide) groups is 1. The predicted molar refractivity (Wildman–Crippen MR) is 89.6 cm³/mol. The Morgan fingerprint density at radius 3 is 2.90 bits per heavy atom. The second-order valence-corrected chi connectivity index (χ2v) is 7.43. The largest absolute Gasteiger partial charge is 0.392 e. The van der Waals surface area contributed by atoms with Crippen molar-refractivity contribution in [3.05, 3.63) is 35.9 Å². The maximum Gasteiger partial charge on any atom is 0.0682 e. The number of benzene rings is 1. The van der Waals surface area contributed by atoms with Crippen LogP contribution in [0.4, 0.5) is 0 Å². The molecule has 0 radical (unpaired) electrons. The van der Waals surface area contributed by atoms with Crippen LogP contribution in [0.15, 0.2) is 30.3 Å². The van der Waals surface area contributed by atoms with Crippen LogP contribution < -0.4 is 5.32 Å². The van der Waals surface area contributed by atoms with E-state index in [9.17, 15) is 5.11 Å². The molecule has 3 rings (SSSR count). The summed E-state index contributed by atoms with van der Waals surface area (Å²) in [6, 6.07) is 11.7. The number of rotatable bonds is 5. The van der Waals surface area contributed by atoms with Gasteiger partial charge in [0.2, 0.25) is 0 Å². The normalized spacial score (nSPS) is 30.6. The fourth-order valence-electron chi connectivity index (χ4n) is 3.39. The van der Waals surface area contributed by atoms with Gasteiger partial charge in [-0.05, 0) is 30.6 Å². The molecule has 2 N–H and O–H groups in total. The molecule has 2 heterocycles. The molecule has 0 bridgehead atoms. The highest BCUT2D eigenvalue weighted by atomic mass is 32.2. The van der Waals surface area contributed by atoms with Crippen molar-refractivity contribution < 1.29 is 5.11 Å². The molecule has 4 heteroatoms. The zero-order valence-corrected chi connectivity index (χ0v) is 13.4. The fraction of sp³-hybridized carbons (Fsp3) is 0.647. The highest BCUT2D eigenvalue weighted by Gasteiger charge is 2.31. The van der Waals surface area contributed by atoms with E-state index in [2.05, 4.69) is 52.3 Å². The Labute approximate surface area is 132 Å². The van der Waals surface area contributed by atoms with Gasteiger partial charge in [0.1, 0.15) is 0 Å². The Morgan fingerprint density at radius 2 is 2.14 bits per heavy atom. The van der Waals surface area contributed by atoms with Crippen LogP contribution in [0, 0.1) is 0 Å². The zero-order valence-electron chi connectivity index (χ0n) is 12.6. The van der Waals surface area contributed by atoms with Crippen molar-refractivity contribution in [2.24, 2.45) is 0 Å². The van der Waals surface area contributed by atoms with E-state index in [0.717, 1.165) is 26.1 Å². The molecular weight excluding hydrogens is 280 g/mol. The first-order valence-electron chi connectivity index (χ1n) is 8.08. The molecule has 1 aromatic rings. The molecule has 2 saturated heterocycles. The van der Waals surface area contributed by atoms with Crippen molar-refractivity contribution in [3.8, 4) is 0 Å². The minimum atomic E-state index is -0.166. The van der Waals surface area contributed by atoms with Gasteiger partial charge in [-0.2, -0.15) is 11.8 Å². The lowest BCUT2D eigenvalue weighted by molar-refractivity contribution is 0.172. The van der Waals surface area contributed by atoms with Crippen molar-refractivity contribution in [1.29, 1.82) is 0 Å². The molecule has 0 aromatic heterocycles. The second-order valence-electron chi connectivity index (χ2n) is 6.28. The van der Waals surface area contributed by atoms with Crippen molar-refractivity contribution >= 4 is 11.8 Å². The first-order valence-corrected chi connectivity index (χ1v) is 9.24. The van der Waals surface area contributed by atoms with Crippen molar-refractivity contribution in [3.63, 3.8) is 0 Å². The summed E-state index contributed by atoms with van der Waals surface area (Å²) in [6.45, 7) is 2.76. The van der Waals surface area contributed by atoms with Crippen LogP contribution in [0.2, 0.25) is 0 Å². The summed E-state index contributed by atoms with van der Waals surface area (Å²) < 4.78 is 0. The van der Waals surface area contributed by atoms with Crippen LogP contribution in [0.25, 0.3) is 0 Å². The van der Waals surface area contributed by atoms with Crippen molar-refractivity contribution in [2.45, 2.75) is 44.0 Å². The number of nitrogens with one attached hydrogen (secondary N) is 1. The minimum absolute atomic E-state index is 0.166. The molecule has 3 atom stereocenters. The van der Waals surface area contributed by atoms with E-state index in [1.165, 1.54) is 29.9 Å². The average Bonchev–Trinajstić information content (AvgIpc) is 2.87. The number of β-amino-alcohol motifs (C(OH)–C–C–N with tert-alkyl or cyclic N) is 1. The third kappa shape index (κ3) is 4.46. The number of hydrogen-bond donors (Lipinski definition) is 2. The first kappa shape index (κ1) is 15.3. The maximum atomic E-state index is 10.0. The number of aliphatic hydroxyl groups is 1. The molecule has 0 saturated carbocycles. The van der Waals surface area contributed by atoms with Crippen LogP contribution in [-0.2, 0) is 6.54 Å². The highest BCUT2D eigenvalue weighted by Crippen LogP contribution is 2.22. The van der Waals surface area contributed by atoms with Gasteiger partial charge < -0.3 is 10.4 Å². The summed E-state index contributed by atoms with van der Waals surface area (Å²) in [6.07, 6.45) is 3.38. The van der Waals surface area contributed by atoms with Crippen LogP contribution in [-0.4, -0.2) is 52.8 Å². The third-order valence-corrected chi connectivity index (χ3v) is 5.75. The Balaban J connectivity index is 1.52. The molecule has 2 fully saturated rings. The molecule has 3 nitrogen and oxygen atoms in total. The van der Waals surface area contributed by atoms with Crippen LogP contribution in [0.3, 0.4) is 0 Å². The summed E-state index contributed by atoms with van der Waals surface area (Å²) in [5.74, 6) is 2.56. The molecular formula is C17H26N2OS.